The topological polar surface area (TPSA) is 70.7 Å². The van der Waals surface area contributed by atoms with Crippen LogP contribution < -0.4 is 5.32 Å². The molecular formula is C19H14N4O. The lowest BCUT2D eigenvalue weighted by Crippen LogP contribution is -2.13. The van der Waals surface area contributed by atoms with Crippen molar-refractivity contribution >= 4 is 22.5 Å². The molecule has 0 saturated heterocycles. The van der Waals surface area contributed by atoms with Crippen molar-refractivity contribution < 1.29 is 4.79 Å². The molecule has 0 saturated carbocycles. The number of carbonyl (C=O) groups is 1. The average molecular weight is 314 g/mol. The molecule has 2 heterocycles. The van der Waals surface area contributed by atoms with Gasteiger partial charge in [-0.3, -0.25) is 14.9 Å². The number of carbonyl (C=O) groups excluding carboxylic acids is 1. The van der Waals surface area contributed by atoms with E-state index < -0.39 is 0 Å². The van der Waals surface area contributed by atoms with Crippen LogP contribution in [0.25, 0.3) is 22.2 Å². The molecule has 2 aromatic heterocycles. The number of rotatable bonds is 3. The fraction of sp³-hybridized carbons (Fsp3) is 0. The summed E-state index contributed by atoms with van der Waals surface area (Å²) in [7, 11) is 0. The molecule has 0 unspecified atom stereocenters. The van der Waals surface area contributed by atoms with Crippen LogP contribution in [0.1, 0.15) is 10.5 Å². The Bertz CT molecular complexity index is 994. The fourth-order valence-corrected chi connectivity index (χ4v) is 2.60. The lowest BCUT2D eigenvalue weighted by molar-refractivity contribution is 0.102. The van der Waals surface area contributed by atoms with E-state index in [1.807, 2.05) is 48.5 Å². The molecule has 4 rings (SSSR count). The van der Waals surface area contributed by atoms with Crippen molar-refractivity contribution in [1.29, 1.82) is 0 Å². The highest BCUT2D eigenvalue weighted by Gasteiger charge is 2.11. The van der Waals surface area contributed by atoms with Gasteiger partial charge in [-0.1, -0.05) is 36.4 Å². The van der Waals surface area contributed by atoms with Gasteiger partial charge in [0.05, 0.1) is 11.2 Å². The second-order valence-electron chi connectivity index (χ2n) is 5.37. The van der Waals surface area contributed by atoms with E-state index in [0.29, 0.717) is 11.4 Å². The van der Waals surface area contributed by atoms with Crippen LogP contribution in [-0.4, -0.2) is 21.1 Å². The number of nitrogens with one attached hydrogen (secondary N) is 2. The van der Waals surface area contributed by atoms with Crippen LogP contribution in [-0.2, 0) is 0 Å². The zero-order valence-electron chi connectivity index (χ0n) is 12.7. The number of hydrogen-bond acceptors (Lipinski definition) is 3. The SMILES string of the molecule is O=C(Nc1ccc2[nH]nc(-c3ccccc3)c2c1)c1ccccn1. The maximum absolute atomic E-state index is 12.2. The monoisotopic (exact) mass is 314 g/mol. The van der Waals surface area contributed by atoms with Crippen molar-refractivity contribution in [2.75, 3.05) is 5.32 Å². The van der Waals surface area contributed by atoms with Crippen molar-refractivity contribution in [2.24, 2.45) is 0 Å². The number of aromatic nitrogens is 3. The van der Waals surface area contributed by atoms with E-state index in [-0.39, 0.29) is 5.91 Å². The summed E-state index contributed by atoms with van der Waals surface area (Å²) in [6, 6.07) is 20.8. The number of aromatic amines is 1. The Kier molecular flexibility index (Phi) is 3.51. The van der Waals surface area contributed by atoms with Gasteiger partial charge in [0.2, 0.25) is 0 Å². The van der Waals surface area contributed by atoms with Gasteiger partial charge in [-0.2, -0.15) is 5.10 Å². The molecule has 24 heavy (non-hydrogen) atoms. The normalized spacial score (nSPS) is 10.7. The molecule has 116 valence electrons. The van der Waals surface area contributed by atoms with Gasteiger partial charge in [0.1, 0.15) is 5.69 Å². The number of pyridine rings is 1. The number of amides is 1. The Morgan fingerprint density at radius 2 is 1.79 bits per heavy atom. The lowest BCUT2D eigenvalue weighted by atomic mass is 10.1. The van der Waals surface area contributed by atoms with Gasteiger partial charge in [-0.15, -0.1) is 0 Å². The number of anilines is 1. The third-order valence-electron chi connectivity index (χ3n) is 3.77. The number of H-pyrrole nitrogens is 1. The van der Waals surface area contributed by atoms with Crippen LogP contribution >= 0.6 is 0 Å². The Morgan fingerprint density at radius 3 is 2.58 bits per heavy atom. The molecule has 0 aliphatic carbocycles. The number of nitrogens with zero attached hydrogens (tertiary/aromatic N) is 2. The first-order valence-corrected chi connectivity index (χ1v) is 7.57. The molecule has 0 aliphatic rings. The summed E-state index contributed by atoms with van der Waals surface area (Å²) in [5.74, 6) is -0.236. The van der Waals surface area contributed by atoms with E-state index in [1.165, 1.54) is 0 Å². The van der Waals surface area contributed by atoms with Gasteiger partial charge in [0.15, 0.2) is 0 Å². The standard InChI is InChI=1S/C19H14N4O/c24-19(17-8-4-5-11-20-17)21-14-9-10-16-15(12-14)18(23-22-16)13-6-2-1-3-7-13/h1-12H,(H,21,24)(H,22,23). The minimum atomic E-state index is -0.236. The molecule has 0 atom stereocenters. The summed E-state index contributed by atoms with van der Waals surface area (Å²) in [6.45, 7) is 0. The second-order valence-corrected chi connectivity index (χ2v) is 5.37. The summed E-state index contributed by atoms with van der Waals surface area (Å²) < 4.78 is 0. The zero-order valence-corrected chi connectivity index (χ0v) is 12.7. The lowest BCUT2D eigenvalue weighted by Gasteiger charge is -2.05. The number of benzene rings is 2. The van der Waals surface area contributed by atoms with Crippen LogP contribution in [0.2, 0.25) is 0 Å². The first kappa shape index (κ1) is 14.1. The average Bonchev–Trinajstić information content (AvgIpc) is 3.06. The van der Waals surface area contributed by atoms with Crippen LogP contribution in [0.3, 0.4) is 0 Å². The molecule has 4 aromatic rings. The molecule has 0 fully saturated rings. The van der Waals surface area contributed by atoms with Gasteiger partial charge in [-0.25, -0.2) is 0 Å². The minimum Gasteiger partial charge on any atom is -0.321 e. The Hall–Kier alpha value is -3.47. The van der Waals surface area contributed by atoms with E-state index in [2.05, 4.69) is 20.5 Å². The van der Waals surface area contributed by atoms with Crippen molar-refractivity contribution in [3.63, 3.8) is 0 Å². The summed E-state index contributed by atoms with van der Waals surface area (Å²) in [6.07, 6.45) is 1.60. The zero-order chi connectivity index (χ0) is 16.4. The van der Waals surface area contributed by atoms with Gasteiger partial charge in [-0.05, 0) is 30.3 Å². The molecule has 2 N–H and O–H groups in total. The summed E-state index contributed by atoms with van der Waals surface area (Å²) in [5.41, 5.74) is 3.89. The summed E-state index contributed by atoms with van der Waals surface area (Å²) in [5, 5.41) is 11.3. The largest absolute Gasteiger partial charge is 0.321 e. The van der Waals surface area contributed by atoms with Crippen LogP contribution in [0.15, 0.2) is 72.9 Å². The molecule has 0 radical (unpaired) electrons. The highest BCUT2D eigenvalue weighted by atomic mass is 16.1. The smallest absolute Gasteiger partial charge is 0.274 e. The molecule has 0 bridgehead atoms. The highest BCUT2D eigenvalue weighted by molar-refractivity contribution is 6.04. The van der Waals surface area contributed by atoms with Crippen molar-refractivity contribution in [2.45, 2.75) is 0 Å². The van der Waals surface area contributed by atoms with Gasteiger partial charge in [0.25, 0.3) is 5.91 Å². The Morgan fingerprint density at radius 1 is 0.958 bits per heavy atom. The molecule has 2 aromatic carbocycles. The predicted octanol–water partition coefficient (Wildman–Crippen LogP) is 3.88. The summed E-state index contributed by atoms with van der Waals surface area (Å²) in [4.78, 5) is 16.3. The molecular weight excluding hydrogens is 300 g/mol. The van der Waals surface area contributed by atoms with E-state index in [9.17, 15) is 4.79 Å². The van der Waals surface area contributed by atoms with Crippen LogP contribution in [0.4, 0.5) is 5.69 Å². The maximum atomic E-state index is 12.2. The molecule has 0 aliphatic heterocycles. The van der Waals surface area contributed by atoms with E-state index >= 15 is 0 Å². The number of fused-ring (bicyclic) bond motifs is 1. The van der Waals surface area contributed by atoms with Crippen molar-refractivity contribution in [3.8, 4) is 11.3 Å². The molecule has 0 spiro atoms. The predicted molar refractivity (Wildman–Crippen MR) is 93.7 cm³/mol. The third-order valence-corrected chi connectivity index (χ3v) is 3.77. The first-order chi connectivity index (χ1) is 11.8. The quantitative estimate of drug-likeness (QED) is 0.603. The Labute approximate surface area is 138 Å². The minimum absolute atomic E-state index is 0.236. The van der Waals surface area contributed by atoms with Crippen molar-refractivity contribution in [1.82, 2.24) is 15.2 Å². The molecule has 5 heteroatoms. The Balaban J connectivity index is 1.69. The maximum Gasteiger partial charge on any atom is 0.274 e. The molecule has 1 amide bonds. The van der Waals surface area contributed by atoms with Crippen LogP contribution in [0, 0.1) is 0 Å². The van der Waals surface area contributed by atoms with E-state index in [4.69, 9.17) is 0 Å². The van der Waals surface area contributed by atoms with Gasteiger partial charge < -0.3 is 5.32 Å². The second kappa shape index (κ2) is 5.96. The first-order valence-electron chi connectivity index (χ1n) is 7.57. The van der Waals surface area contributed by atoms with E-state index in [1.54, 1.807) is 24.4 Å². The van der Waals surface area contributed by atoms with Gasteiger partial charge >= 0.3 is 0 Å². The number of hydrogen-bond donors (Lipinski definition) is 2. The van der Waals surface area contributed by atoms with Crippen molar-refractivity contribution in [3.05, 3.63) is 78.6 Å². The van der Waals surface area contributed by atoms with E-state index in [0.717, 1.165) is 22.2 Å². The third kappa shape index (κ3) is 2.63. The van der Waals surface area contributed by atoms with Gasteiger partial charge in [0, 0.05) is 22.8 Å². The fourth-order valence-electron chi connectivity index (χ4n) is 2.60. The summed E-state index contributed by atoms with van der Waals surface area (Å²) >= 11 is 0. The van der Waals surface area contributed by atoms with Crippen LogP contribution in [0.5, 0.6) is 0 Å². The molecule has 5 nitrogen and oxygen atoms in total. The highest BCUT2D eigenvalue weighted by Crippen LogP contribution is 2.28.